The third kappa shape index (κ3) is 3.85. The number of carbonyl (C=O) groups excluding carboxylic acids is 1. The second-order valence-corrected chi connectivity index (χ2v) is 7.78. The normalized spacial score (nSPS) is 16.6. The van der Waals surface area contributed by atoms with E-state index in [0.717, 1.165) is 42.1 Å². The molecule has 2 heterocycles. The minimum absolute atomic E-state index is 0.0685. The molecule has 2 aliphatic heterocycles. The molecule has 5 nitrogen and oxygen atoms in total. The maximum Gasteiger partial charge on any atom is 0.240 e. The van der Waals surface area contributed by atoms with Gasteiger partial charge in [0.05, 0.1) is 19.8 Å². The summed E-state index contributed by atoms with van der Waals surface area (Å²) in [6.07, 6.45) is 1.82. The van der Waals surface area contributed by atoms with Crippen molar-refractivity contribution in [2.24, 2.45) is 5.92 Å². The van der Waals surface area contributed by atoms with Crippen LogP contribution in [-0.2, 0) is 11.2 Å². The lowest BCUT2D eigenvalue weighted by molar-refractivity contribution is -0.117. The molecule has 2 aliphatic rings. The summed E-state index contributed by atoms with van der Waals surface area (Å²) < 4.78 is 11.6. The van der Waals surface area contributed by atoms with Gasteiger partial charge in [0.1, 0.15) is 0 Å². The summed E-state index contributed by atoms with van der Waals surface area (Å²) in [5.74, 6) is 2.05. The van der Waals surface area contributed by atoms with Crippen molar-refractivity contribution < 1.29 is 14.3 Å². The fourth-order valence-corrected chi connectivity index (χ4v) is 4.00. The summed E-state index contributed by atoms with van der Waals surface area (Å²) >= 11 is 0. The highest BCUT2D eigenvalue weighted by Crippen LogP contribution is 2.34. The second kappa shape index (κ2) is 8.23. The molecule has 1 amide bonds. The Hall–Kier alpha value is -2.53. The highest BCUT2D eigenvalue weighted by atomic mass is 16.5. The van der Waals surface area contributed by atoms with Gasteiger partial charge in [0.2, 0.25) is 5.91 Å². The first kappa shape index (κ1) is 18.8. The van der Waals surface area contributed by atoms with Crippen LogP contribution in [0.4, 0.5) is 5.69 Å². The van der Waals surface area contributed by atoms with Crippen LogP contribution in [0.5, 0.6) is 11.5 Å². The molecule has 0 radical (unpaired) electrons. The summed E-state index contributed by atoms with van der Waals surface area (Å²) in [6, 6.07) is 14.3. The van der Waals surface area contributed by atoms with Gasteiger partial charge in [-0.2, -0.15) is 0 Å². The van der Waals surface area contributed by atoms with E-state index in [2.05, 4.69) is 31.3 Å². The average molecular weight is 380 g/mol. The fourth-order valence-electron chi connectivity index (χ4n) is 4.00. The van der Waals surface area contributed by atoms with Crippen LogP contribution in [0, 0.1) is 5.92 Å². The van der Waals surface area contributed by atoms with Gasteiger partial charge in [-0.05, 0) is 41.7 Å². The number of anilines is 1. The number of hydrogen-bond donors (Lipinski definition) is 1. The average Bonchev–Trinajstić information content (AvgIpc) is 2.99. The van der Waals surface area contributed by atoms with E-state index in [1.165, 1.54) is 5.56 Å². The molecule has 0 bridgehead atoms. The van der Waals surface area contributed by atoms with Crippen LogP contribution < -0.4 is 19.7 Å². The molecule has 148 valence electrons. The minimum Gasteiger partial charge on any atom is -0.490 e. The minimum atomic E-state index is 0.0685. The molecule has 0 aliphatic carbocycles. The van der Waals surface area contributed by atoms with Crippen molar-refractivity contribution in [3.8, 4) is 11.5 Å². The number of para-hydroxylation sites is 1. The molecule has 0 saturated carbocycles. The highest BCUT2D eigenvalue weighted by Gasteiger charge is 2.25. The Morgan fingerprint density at radius 1 is 1.11 bits per heavy atom. The third-order valence-electron chi connectivity index (χ3n) is 5.46. The van der Waals surface area contributed by atoms with E-state index in [1.54, 1.807) is 0 Å². The van der Waals surface area contributed by atoms with Crippen molar-refractivity contribution in [3.05, 3.63) is 53.6 Å². The molecule has 0 spiro atoms. The third-order valence-corrected chi connectivity index (χ3v) is 5.46. The van der Waals surface area contributed by atoms with Gasteiger partial charge in [-0.3, -0.25) is 4.79 Å². The molecule has 0 aromatic heterocycles. The Morgan fingerprint density at radius 2 is 1.89 bits per heavy atom. The molecule has 4 rings (SSSR count). The van der Waals surface area contributed by atoms with E-state index in [1.807, 2.05) is 35.2 Å². The van der Waals surface area contributed by atoms with Crippen LogP contribution in [0.3, 0.4) is 0 Å². The zero-order valence-electron chi connectivity index (χ0n) is 16.6. The zero-order valence-corrected chi connectivity index (χ0v) is 16.6. The molecule has 5 heteroatoms. The van der Waals surface area contributed by atoms with Crippen molar-refractivity contribution >= 4 is 11.6 Å². The lowest BCUT2D eigenvalue weighted by Gasteiger charge is -2.25. The lowest BCUT2D eigenvalue weighted by Crippen LogP contribution is -2.39. The first-order valence-electron chi connectivity index (χ1n) is 10.1. The number of hydrogen-bond acceptors (Lipinski definition) is 4. The van der Waals surface area contributed by atoms with E-state index in [9.17, 15) is 4.79 Å². The molecular weight excluding hydrogens is 352 g/mol. The van der Waals surface area contributed by atoms with Gasteiger partial charge in [-0.15, -0.1) is 0 Å². The Balaban J connectivity index is 1.46. The first-order valence-corrected chi connectivity index (χ1v) is 10.1. The Bertz CT molecular complexity index is 849. The maximum atomic E-state index is 12.9. The topological polar surface area (TPSA) is 50.8 Å². The summed E-state index contributed by atoms with van der Waals surface area (Å²) in [6.45, 7) is 6.75. The smallest absolute Gasteiger partial charge is 0.240 e. The van der Waals surface area contributed by atoms with Crippen LogP contribution in [0.15, 0.2) is 42.5 Å². The van der Waals surface area contributed by atoms with Crippen LogP contribution in [0.25, 0.3) is 0 Å². The van der Waals surface area contributed by atoms with Crippen LogP contribution in [0.1, 0.15) is 37.4 Å². The van der Waals surface area contributed by atoms with E-state index >= 15 is 0 Å². The highest BCUT2D eigenvalue weighted by molar-refractivity contribution is 5.96. The van der Waals surface area contributed by atoms with Gasteiger partial charge in [0.25, 0.3) is 0 Å². The monoisotopic (exact) mass is 380 g/mol. The molecule has 28 heavy (non-hydrogen) atoms. The quantitative estimate of drug-likeness (QED) is 0.859. The van der Waals surface area contributed by atoms with Gasteiger partial charge in [0, 0.05) is 24.7 Å². The Kier molecular flexibility index (Phi) is 5.53. The molecule has 0 fully saturated rings. The summed E-state index contributed by atoms with van der Waals surface area (Å²) in [5, 5.41) is 3.48. The standard InChI is InChI=1S/C23H28N2O3/c1-16(2)23(18-8-9-20-21(14-18)28-13-5-12-27-20)24-15-22(26)25-11-10-17-6-3-4-7-19(17)25/h3-4,6-9,14,16,23-24H,5,10-13,15H2,1-2H3/t23-/m0/s1. The van der Waals surface area contributed by atoms with Crippen molar-refractivity contribution in [3.63, 3.8) is 0 Å². The predicted molar refractivity (Wildman–Crippen MR) is 110 cm³/mol. The largest absolute Gasteiger partial charge is 0.490 e. The van der Waals surface area contributed by atoms with Crippen LogP contribution in [0.2, 0.25) is 0 Å². The first-order chi connectivity index (χ1) is 13.6. The number of benzene rings is 2. The van der Waals surface area contributed by atoms with Gasteiger partial charge in [-0.1, -0.05) is 38.1 Å². The van der Waals surface area contributed by atoms with Crippen LogP contribution in [-0.4, -0.2) is 32.2 Å². The van der Waals surface area contributed by atoms with Crippen molar-refractivity contribution in [2.75, 3.05) is 31.2 Å². The number of ether oxygens (including phenoxy) is 2. The number of fused-ring (bicyclic) bond motifs is 2. The van der Waals surface area contributed by atoms with E-state index in [4.69, 9.17) is 9.47 Å². The number of carbonyl (C=O) groups is 1. The number of nitrogens with one attached hydrogen (secondary N) is 1. The van der Waals surface area contributed by atoms with E-state index in [-0.39, 0.29) is 11.9 Å². The molecule has 0 saturated heterocycles. The summed E-state index contributed by atoms with van der Waals surface area (Å²) in [4.78, 5) is 14.8. The Morgan fingerprint density at radius 3 is 2.71 bits per heavy atom. The SMILES string of the molecule is CC(C)[C@H](NCC(=O)N1CCc2ccccc21)c1ccc2c(c1)OCCCO2. The molecular formula is C23H28N2O3. The van der Waals surface area contributed by atoms with Crippen molar-refractivity contribution in [1.29, 1.82) is 0 Å². The molecule has 1 N–H and O–H groups in total. The summed E-state index contributed by atoms with van der Waals surface area (Å²) in [7, 11) is 0. The molecule has 2 aromatic carbocycles. The second-order valence-electron chi connectivity index (χ2n) is 7.78. The lowest BCUT2D eigenvalue weighted by atomic mass is 9.95. The Labute approximate surface area is 166 Å². The number of nitrogens with zero attached hydrogens (tertiary/aromatic N) is 1. The summed E-state index contributed by atoms with van der Waals surface area (Å²) in [5.41, 5.74) is 3.42. The van der Waals surface area contributed by atoms with Crippen LogP contribution >= 0.6 is 0 Å². The van der Waals surface area contributed by atoms with Gasteiger partial charge in [0.15, 0.2) is 11.5 Å². The fraction of sp³-hybridized carbons (Fsp3) is 0.435. The van der Waals surface area contributed by atoms with E-state index in [0.29, 0.717) is 25.7 Å². The molecule has 2 aromatic rings. The maximum absolute atomic E-state index is 12.9. The molecule has 0 unspecified atom stereocenters. The van der Waals surface area contributed by atoms with E-state index < -0.39 is 0 Å². The van der Waals surface area contributed by atoms with Gasteiger partial charge >= 0.3 is 0 Å². The number of amides is 1. The molecule has 1 atom stereocenters. The predicted octanol–water partition coefficient (Wildman–Crippen LogP) is 3.72. The zero-order chi connectivity index (χ0) is 19.5. The van der Waals surface area contributed by atoms with Gasteiger partial charge < -0.3 is 19.7 Å². The number of rotatable bonds is 5. The van der Waals surface area contributed by atoms with Crippen molar-refractivity contribution in [2.45, 2.75) is 32.7 Å². The van der Waals surface area contributed by atoms with Crippen molar-refractivity contribution in [1.82, 2.24) is 5.32 Å². The van der Waals surface area contributed by atoms with Gasteiger partial charge in [-0.25, -0.2) is 0 Å².